The minimum atomic E-state index is -0.885. The maximum Gasteiger partial charge on any atom is 0.393 e. The van der Waals surface area contributed by atoms with Crippen LogP contribution in [0.3, 0.4) is 0 Å². The predicted octanol–water partition coefficient (Wildman–Crippen LogP) is 11.9. The molecular formula is C37H68O5. The van der Waals surface area contributed by atoms with E-state index >= 15 is 0 Å². The summed E-state index contributed by atoms with van der Waals surface area (Å²) in [4.78, 5) is 44.4. The van der Waals surface area contributed by atoms with Gasteiger partial charge in [0.2, 0.25) is 0 Å². The topological polar surface area (TPSA) is 69.7 Å². The van der Waals surface area contributed by atoms with Crippen LogP contribution in [0, 0.1) is 0 Å². The smallest absolute Gasteiger partial charge is 0.247 e. The van der Waals surface area contributed by atoms with Crippen molar-refractivity contribution in [3.05, 3.63) is 5.57 Å². The van der Waals surface area contributed by atoms with Crippen molar-refractivity contribution in [2.45, 2.75) is 213 Å². The molecule has 0 spiro atoms. The van der Waals surface area contributed by atoms with Gasteiger partial charge in [0.25, 0.3) is 0 Å². The third-order valence-electron chi connectivity index (χ3n) is 8.34. The third-order valence-corrected chi connectivity index (χ3v) is 8.34. The molecule has 0 saturated heterocycles. The van der Waals surface area contributed by atoms with E-state index in [0.717, 1.165) is 38.5 Å². The van der Waals surface area contributed by atoms with Crippen LogP contribution < -0.4 is 0 Å². The molecule has 0 aliphatic rings. The van der Waals surface area contributed by atoms with Crippen LogP contribution in [0.5, 0.6) is 0 Å². The number of hydrogen-bond donors (Lipinski definition) is 0. The molecule has 0 heterocycles. The van der Waals surface area contributed by atoms with Crippen molar-refractivity contribution in [3.63, 3.8) is 0 Å². The maximum absolute atomic E-state index is 12.1. The number of carbonyl (C=O) groups excluding carboxylic acids is 3. The average Bonchev–Trinajstić information content (AvgIpc) is 3.00. The van der Waals surface area contributed by atoms with Crippen LogP contribution in [0.25, 0.3) is 0 Å². The lowest BCUT2D eigenvalue weighted by molar-refractivity contribution is -0.255. The molecule has 0 aliphatic heterocycles. The highest BCUT2D eigenvalue weighted by molar-refractivity contribution is 5.96. The highest BCUT2D eigenvalue weighted by atomic mass is 17.2. The van der Waals surface area contributed by atoms with Crippen LogP contribution in [-0.4, -0.2) is 17.9 Å². The first-order valence-electron chi connectivity index (χ1n) is 18.3. The number of rotatable bonds is 32. The Morgan fingerprint density at radius 3 is 1.00 bits per heavy atom. The molecule has 0 aliphatic carbocycles. The Labute approximate surface area is 260 Å². The molecule has 0 rings (SSSR count). The molecule has 0 radical (unpaired) electrons. The second kappa shape index (κ2) is 33.9. The first-order chi connectivity index (χ1) is 20.7. The zero-order valence-corrected chi connectivity index (χ0v) is 28.0. The Balaban J connectivity index is 3.53. The first kappa shape index (κ1) is 40.4. The van der Waals surface area contributed by atoms with Gasteiger partial charge in [0.05, 0.1) is 6.42 Å². The van der Waals surface area contributed by atoms with Gasteiger partial charge >= 0.3 is 11.9 Å². The predicted molar refractivity (Wildman–Crippen MR) is 176 cm³/mol. The standard InChI is InChI=1S/C37H68O5/c1-3-5-7-9-11-13-15-17-19-21-23-25-27-29-31-33-36(39)41-42-37(40)35(34-38)32-30-28-26-24-22-20-18-16-14-12-10-8-6-4-2/h3-33H2,1-2H3. The molecule has 0 atom stereocenters. The second-order valence-electron chi connectivity index (χ2n) is 12.5. The summed E-state index contributed by atoms with van der Waals surface area (Å²) in [7, 11) is 0. The highest BCUT2D eigenvalue weighted by Gasteiger charge is 2.16. The number of unbranched alkanes of at least 4 members (excludes halogenated alkanes) is 27. The fourth-order valence-corrected chi connectivity index (χ4v) is 5.51. The fraction of sp³-hybridized carbons (Fsp3) is 0.892. The van der Waals surface area contributed by atoms with Crippen molar-refractivity contribution < 1.29 is 24.2 Å². The Morgan fingerprint density at radius 2 is 0.690 bits per heavy atom. The van der Waals surface area contributed by atoms with E-state index in [-0.39, 0.29) is 12.0 Å². The molecule has 0 bridgehead atoms. The monoisotopic (exact) mass is 593 g/mol. The van der Waals surface area contributed by atoms with Gasteiger partial charge in [0, 0.05) is 0 Å². The molecule has 0 N–H and O–H groups in total. The lowest BCUT2D eigenvalue weighted by atomic mass is 10.0. The van der Waals surface area contributed by atoms with E-state index < -0.39 is 11.9 Å². The molecule has 0 aromatic rings. The molecule has 0 fully saturated rings. The zero-order chi connectivity index (χ0) is 30.8. The zero-order valence-electron chi connectivity index (χ0n) is 28.0. The van der Waals surface area contributed by atoms with Gasteiger partial charge in [0.1, 0.15) is 11.5 Å². The van der Waals surface area contributed by atoms with E-state index in [1.54, 1.807) is 5.94 Å². The van der Waals surface area contributed by atoms with Crippen molar-refractivity contribution in [1.29, 1.82) is 0 Å². The fourth-order valence-electron chi connectivity index (χ4n) is 5.51. The summed E-state index contributed by atoms with van der Waals surface area (Å²) in [5.41, 5.74) is -0.0753. The normalized spacial score (nSPS) is 10.9. The maximum atomic E-state index is 12.1. The summed E-state index contributed by atoms with van der Waals surface area (Å²) in [6, 6.07) is 0. The summed E-state index contributed by atoms with van der Waals surface area (Å²) < 4.78 is 0. The molecule has 246 valence electrons. The quantitative estimate of drug-likeness (QED) is 0.0255. The van der Waals surface area contributed by atoms with Crippen molar-refractivity contribution in [2.24, 2.45) is 0 Å². The van der Waals surface area contributed by atoms with Gasteiger partial charge in [-0.3, -0.25) is 0 Å². The van der Waals surface area contributed by atoms with Crippen LogP contribution >= 0.6 is 0 Å². The van der Waals surface area contributed by atoms with E-state index in [1.807, 2.05) is 0 Å². The lowest BCUT2D eigenvalue weighted by Crippen LogP contribution is -2.13. The van der Waals surface area contributed by atoms with Crippen molar-refractivity contribution in [3.8, 4) is 0 Å². The first-order valence-corrected chi connectivity index (χ1v) is 18.3. The Morgan fingerprint density at radius 1 is 0.405 bits per heavy atom. The van der Waals surface area contributed by atoms with Crippen LogP contribution in [-0.2, 0) is 24.2 Å². The molecule has 42 heavy (non-hydrogen) atoms. The summed E-state index contributed by atoms with van der Waals surface area (Å²) in [6.07, 6.45) is 36.9. The molecule has 0 aromatic heterocycles. The van der Waals surface area contributed by atoms with Gasteiger partial charge < -0.3 is 0 Å². The SMILES string of the molecule is CCCCCCCCCCCCCCCCCC(=O)OOC(=O)C(=C=O)CCCCCCCCCCCCCCCC. The lowest BCUT2D eigenvalue weighted by Gasteiger charge is -2.05. The van der Waals surface area contributed by atoms with Crippen LogP contribution in [0.4, 0.5) is 0 Å². The number of hydrogen-bond acceptors (Lipinski definition) is 5. The molecule has 5 nitrogen and oxygen atoms in total. The Hall–Kier alpha value is -1.61. The molecule has 0 amide bonds. The van der Waals surface area contributed by atoms with Gasteiger partial charge in [-0.15, -0.1) is 0 Å². The van der Waals surface area contributed by atoms with Crippen LogP contribution in [0.2, 0.25) is 0 Å². The van der Waals surface area contributed by atoms with E-state index in [4.69, 9.17) is 0 Å². The van der Waals surface area contributed by atoms with E-state index in [1.165, 1.54) is 148 Å². The summed E-state index contributed by atoms with van der Waals surface area (Å²) in [5.74, 6) is 0.232. The van der Waals surface area contributed by atoms with E-state index in [2.05, 4.69) is 23.6 Å². The summed E-state index contributed by atoms with van der Waals surface area (Å²) in [5, 5.41) is 0. The van der Waals surface area contributed by atoms with Crippen LogP contribution in [0.1, 0.15) is 213 Å². The van der Waals surface area contributed by atoms with Crippen molar-refractivity contribution in [1.82, 2.24) is 0 Å². The molecular weight excluding hydrogens is 524 g/mol. The minimum Gasteiger partial charge on any atom is -0.247 e. The van der Waals surface area contributed by atoms with Crippen molar-refractivity contribution >= 4 is 17.9 Å². The van der Waals surface area contributed by atoms with Gasteiger partial charge in [-0.25, -0.2) is 24.2 Å². The van der Waals surface area contributed by atoms with Gasteiger partial charge in [0.15, 0.2) is 0 Å². The number of carbonyl (C=O) groups is 2. The van der Waals surface area contributed by atoms with E-state index in [0.29, 0.717) is 6.42 Å². The summed E-state index contributed by atoms with van der Waals surface area (Å²) in [6.45, 7) is 4.52. The minimum absolute atomic E-state index is 0.0753. The van der Waals surface area contributed by atoms with Crippen molar-refractivity contribution in [2.75, 3.05) is 0 Å². The van der Waals surface area contributed by atoms with Gasteiger partial charge in [-0.1, -0.05) is 187 Å². The highest BCUT2D eigenvalue weighted by Crippen LogP contribution is 2.16. The van der Waals surface area contributed by atoms with Gasteiger partial charge in [-0.05, 0) is 19.3 Å². The molecule has 0 saturated carbocycles. The van der Waals surface area contributed by atoms with Gasteiger partial charge in [-0.2, -0.15) is 0 Å². The average molecular weight is 593 g/mol. The molecule has 5 heteroatoms. The third kappa shape index (κ3) is 29.9. The molecule has 0 aromatic carbocycles. The van der Waals surface area contributed by atoms with Crippen LogP contribution in [0.15, 0.2) is 5.57 Å². The molecule has 0 unspecified atom stereocenters. The summed E-state index contributed by atoms with van der Waals surface area (Å²) >= 11 is 0. The largest absolute Gasteiger partial charge is 0.393 e. The Bertz CT molecular complexity index is 653. The Kier molecular flexibility index (Phi) is 32.6. The van der Waals surface area contributed by atoms with E-state index in [9.17, 15) is 14.4 Å². The second-order valence-corrected chi connectivity index (χ2v) is 12.5.